The van der Waals surface area contributed by atoms with Gasteiger partial charge in [0, 0.05) is 23.1 Å². The van der Waals surface area contributed by atoms with E-state index in [1.54, 1.807) is 7.05 Å². The van der Waals surface area contributed by atoms with E-state index in [1.165, 1.54) is 0 Å². The highest BCUT2D eigenvalue weighted by Crippen LogP contribution is 2.22. The van der Waals surface area contributed by atoms with Crippen LogP contribution in [0.1, 0.15) is 5.69 Å². The number of nitrogens with two attached hydrogens (primary N) is 1. The van der Waals surface area contributed by atoms with Gasteiger partial charge in [0.25, 0.3) is 0 Å². The van der Waals surface area contributed by atoms with Crippen LogP contribution in [0.2, 0.25) is 0 Å². The van der Waals surface area contributed by atoms with Crippen LogP contribution in [0.15, 0.2) is 44.6 Å². The van der Waals surface area contributed by atoms with Gasteiger partial charge in [-0.15, -0.1) is 0 Å². The number of aromatic nitrogens is 3. The van der Waals surface area contributed by atoms with Gasteiger partial charge in [0.2, 0.25) is 0 Å². The fraction of sp³-hybridized carbons (Fsp3) is 0.0833. The fourth-order valence-electron chi connectivity index (χ4n) is 1.98. The predicted octanol–water partition coefficient (Wildman–Crippen LogP) is 2.29. The summed E-state index contributed by atoms with van der Waals surface area (Å²) >= 11 is 3.45. The van der Waals surface area contributed by atoms with E-state index in [-0.39, 0.29) is 5.82 Å². The van der Waals surface area contributed by atoms with E-state index in [9.17, 15) is 0 Å². The molecule has 3 rings (SSSR count). The molecule has 0 atom stereocenters. The summed E-state index contributed by atoms with van der Waals surface area (Å²) in [6, 6.07) is 7.99. The van der Waals surface area contributed by atoms with E-state index >= 15 is 0 Å². The maximum atomic E-state index is 5.72. The third kappa shape index (κ3) is 1.91. The zero-order chi connectivity index (χ0) is 13.4. The number of anilines is 1. The minimum Gasteiger partial charge on any atom is -0.379 e. The Morgan fingerprint density at radius 2 is 2.21 bits per heavy atom. The molecule has 0 radical (unpaired) electrons. The molecule has 0 saturated heterocycles. The SMILES string of the molecule is CN=C(c1nonc1N)n1ccc2cc(Br)ccc21. The molecular formula is C12H10BrN5O. The molecule has 2 aromatic heterocycles. The van der Waals surface area contributed by atoms with E-state index in [1.807, 2.05) is 35.0 Å². The number of nitrogens with zero attached hydrogens (tertiary/aromatic N) is 4. The maximum Gasteiger partial charge on any atom is 0.199 e. The number of aliphatic imine (C=N–C) groups is 1. The van der Waals surface area contributed by atoms with Gasteiger partial charge in [-0.3, -0.25) is 9.56 Å². The van der Waals surface area contributed by atoms with Crippen LogP contribution in [0.25, 0.3) is 10.9 Å². The normalized spacial score (nSPS) is 12.2. The first kappa shape index (κ1) is 11.9. The summed E-state index contributed by atoms with van der Waals surface area (Å²) in [5.41, 5.74) is 7.16. The van der Waals surface area contributed by atoms with Gasteiger partial charge in [-0.05, 0) is 34.6 Å². The Hall–Kier alpha value is -2.15. The maximum absolute atomic E-state index is 5.72. The van der Waals surface area contributed by atoms with Crippen molar-refractivity contribution in [3.8, 4) is 0 Å². The van der Waals surface area contributed by atoms with Crippen molar-refractivity contribution in [3.05, 3.63) is 40.6 Å². The standard InChI is InChI=1S/C12H10BrN5O/c1-15-12(10-11(14)17-19-16-10)18-5-4-7-6-8(13)2-3-9(7)18/h2-6H,1H3,(H2,14,17). The van der Waals surface area contributed by atoms with Gasteiger partial charge in [-0.2, -0.15) is 0 Å². The molecular weight excluding hydrogens is 310 g/mol. The molecule has 0 amide bonds. The van der Waals surface area contributed by atoms with Crippen molar-refractivity contribution in [2.45, 2.75) is 0 Å². The molecule has 6 nitrogen and oxygen atoms in total. The van der Waals surface area contributed by atoms with Crippen LogP contribution in [0.5, 0.6) is 0 Å². The number of hydrogen-bond acceptors (Lipinski definition) is 5. The summed E-state index contributed by atoms with van der Waals surface area (Å²) in [4.78, 5) is 4.23. The summed E-state index contributed by atoms with van der Waals surface area (Å²) in [5.74, 6) is 0.815. The third-order valence-corrected chi connectivity index (χ3v) is 3.31. The summed E-state index contributed by atoms with van der Waals surface area (Å²) in [6.07, 6.45) is 1.91. The van der Waals surface area contributed by atoms with Gasteiger partial charge in [-0.25, -0.2) is 4.63 Å². The highest BCUT2D eigenvalue weighted by molar-refractivity contribution is 9.10. The minimum absolute atomic E-state index is 0.222. The molecule has 19 heavy (non-hydrogen) atoms. The minimum atomic E-state index is 0.222. The lowest BCUT2D eigenvalue weighted by Gasteiger charge is -2.06. The molecule has 0 fully saturated rings. The second-order valence-corrected chi connectivity index (χ2v) is 4.85. The first-order chi connectivity index (χ1) is 9.20. The van der Waals surface area contributed by atoms with E-state index < -0.39 is 0 Å². The van der Waals surface area contributed by atoms with Crippen molar-refractivity contribution >= 4 is 38.5 Å². The summed E-state index contributed by atoms with van der Waals surface area (Å²) in [6.45, 7) is 0. The number of rotatable bonds is 1. The Morgan fingerprint density at radius 3 is 2.89 bits per heavy atom. The van der Waals surface area contributed by atoms with Gasteiger partial charge in [0.15, 0.2) is 17.3 Å². The molecule has 0 aliphatic carbocycles. The quantitative estimate of drug-likeness (QED) is 0.551. The van der Waals surface area contributed by atoms with Crippen molar-refractivity contribution in [2.24, 2.45) is 4.99 Å². The second kappa shape index (κ2) is 4.51. The molecule has 0 spiro atoms. The number of benzene rings is 1. The monoisotopic (exact) mass is 319 g/mol. The van der Waals surface area contributed by atoms with Crippen LogP contribution in [0, 0.1) is 0 Å². The number of nitrogen functional groups attached to an aromatic ring is 1. The molecule has 96 valence electrons. The van der Waals surface area contributed by atoms with E-state index in [2.05, 4.69) is 35.9 Å². The Bertz CT molecular complexity index is 773. The average molecular weight is 320 g/mol. The second-order valence-electron chi connectivity index (χ2n) is 3.93. The van der Waals surface area contributed by atoms with E-state index in [0.717, 1.165) is 15.4 Å². The van der Waals surface area contributed by atoms with Gasteiger partial charge in [-0.1, -0.05) is 15.9 Å². The van der Waals surface area contributed by atoms with Crippen molar-refractivity contribution in [1.82, 2.24) is 14.9 Å². The topological polar surface area (TPSA) is 82.2 Å². The lowest BCUT2D eigenvalue weighted by molar-refractivity contribution is 0.308. The molecule has 0 aliphatic rings. The Kier molecular flexibility index (Phi) is 2.83. The molecule has 7 heteroatoms. The van der Waals surface area contributed by atoms with Crippen molar-refractivity contribution in [1.29, 1.82) is 0 Å². The van der Waals surface area contributed by atoms with Gasteiger partial charge in [0.05, 0.1) is 5.52 Å². The Labute approximate surface area is 117 Å². The van der Waals surface area contributed by atoms with Crippen LogP contribution >= 0.6 is 15.9 Å². The highest BCUT2D eigenvalue weighted by Gasteiger charge is 2.16. The molecule has 0 aliphatic heterocycles. The predicted molar refractivity (Wildman–Crippen MR) is 76.2 cm³/mol. The molecule has 3 aromatic rings. The van der Waals surface area contributed by atoms with Crippen LogP contribution in [0.3, 0.4) is 0 Å². The summed E-state index contributed by atoms with van der Waals surface area (Å²) < 4.78 is 7.55. The zero-order valence-corrected chi connectivity index (χ0v) is 11.6. The summed E-state index contributed by atoms with van der Waals surface area (Å²) in [5, 5.41) is 8.46. The molecule has 1 aromatic carbocycles. The summed E-state index contributed by atoms with van der Waals surface area (Å²) in [7, 11) is 1.67. The van der Waals surface area contributed by atoms with Crippen LogP contribution in [0.4, 0.5) is 5.82 Å². The lowest BCUT2D eigenvalue weighted by atomic mass is 10.2. The highest BCUT2D eigenvalue weighted by atomic mass is 79.9. The van der Waals surface area contributed by atoms with Crippen LogP contribution in [-0.2, 0) is 0 Å². The molecule has 0 saturated carbocycles. The fourth-order valence-corrected chi connectivity index (χ4v) is 2.36. The zero-order valence-electron chi connectivity index (χ0n) is 10.0. The first-order valence-corrected chi connectivity index (χ1v) is 6.32. The smallest absolute Gasteiger partial charge is 0.199 e. The average Bonchev–Trinajstić information content (AvgIpc) is 2.98. The molecule has 2 N–H and O–H groups in total. The largest absolute Gasteiger partial charge is 0.379 e. The van der Waals surface area contributed by atoms with Crippen LogP contribution in [-0.4, -0.2) is 27.8 Å². The van der Waals surface area contributed by atoms with Gasteiger partial charge < -0.3 is 5.73 Å². The van der Waals surface area contributed by atoms with Crippen molar-refractivity contribution in [2.75, 3.05) is 12.8 Å². The van der Waals surface area contributed by atoms with Gasteiger partial charge >= 0.3 is 0 Å². The van der Waals surface area contributed by atoms with Gasteiger partial charge in [0.1, 0.15) is 0 Å². The number of hydrogen-bond donors (Lipinski definition) is 1. The number of fused-ring (bicyclic) bond motifs is 1. The number of halogens is 1. The first-order valence-electron chi connectivity index (χ1n) is 5.53. The Balaban J connectivity index is 2.21. The van der Waals surface area contributed by atoms with Crippen molar-refractivity contribution < 1.29 is 4.63 Å². The van der Waals surface area contributed by atoms with E-state index in [4.69, 9.17) is 5.73 Å². The molecule has 2 heterocycles. The molecule has 0 unspecified atom stereocenters. The Morgan fingerprint density at radius 1 is 1.37 bits per heavy atom. The molecule has 0 bridgehead atoms. The van der Waals surface area contributed by atoms with Crippen molar-refractivity contribution in [3.63, 3.8) is 0 Å². The van der Waals surface area contributed by atoms with E-state index in [0.29, 0.717) is 11.5 Å². The third-order valence-electron chi connectivity index (χ3n) is 2.82. The van der Waals surface area contributed by atoms with Crippen LogP contribution < -0.4 is 5.73 Å². The lowest BCUT2D eigenvalue weighted by Crippen LogP contribution is -2.14.